The highest BCUT2D eigenvalue weighted by Crippen LogP contribution is 2.29. The molecule has 0 bridgehead atoms. The Morgan fingerprint density at radius 1 is 1.12 bits per heavy atom. The molecule has 0 unspecified atom stereocenters. The average molecular weight is 484 g/mol. The molecule has 180 valence electrons. The molecule has 2 aromatic carbocycles. The highest BCUT2D eigenvalue weighted by atomic mass is 35.5. The van der Waals surface area contributed by atoms with Gasteiger partial charge in [0.25, 0.3) is 5.91 Å². The number of nitrogens with zero attached hydrogens (tertiary/aromatic N) is 3. The van der Waals surface area contributed by atoms with E-state index >= 15 is 0 Å². The number of methoxy groups -OCH3 is 2. The number of guanidine groups is 1. The predicted molar refractivity (Wildman–Crippen MR) is 135 cm³/mol. The fraction of sp³-hybridized carbons (Fsp3) is 0.320. The summed E-state index contributed by atoms with van der Waals surface area (Å²) in [5, 5.41) is 11.1. The summed E-state index contributed by atoms with van der Waals surface area (Å²) >= 11 is 6.05. The molecular formula is C25H30ClN5O3. The van der Waals surface area contributed by atoms with Gasteiger partial charge in [0.15, 0.2) is 11.5 Å². The van der Waals surface area contributed by atoms with E-state index < -0.39 is 0 Å². The lowest BCUT2D eigenvalue weighted by Crippen LogP contribution is -2.36. The smallest absolute Gasteiger partial charge is 0.258 e. The maximum Gasteiger partial charge on any atom is 0.258 e. The summed E-state index contributed by atoms with van der Waals surface area (Å²) in [6.45, 7) is 7.41. The molecule has 3 aromatic rings. The van der Waals surface area contributed by atoms with Gasteiger partial charge in [-0.05, 0) is 63.1 Å². The molecule has 2 N–H and O–H groups in total. The van der Waals surface area contributed by atoms with Gasteiger partial charge in [0, 0.05) is 41.1 Å². The van der Waals surface area contributed by atoms with Gasteiger partial charge in [-0.25, -0.2) is 0 Å². The fourth-order valence-electron chi connectivity index (χ4n) is 3.65. The lowest BCUT2D eigenvalue weighted by molar-refractivity contribution is 0.0977. The first-order valence-electron chi connectivity index (χ1n) is 11.0. The molecule has 0 aliphatic rings. The minimum absolute atomic E-state index is 0.315. The first-order valence-corrected chi connectivity index (χ1v) is 11.4. The van der Waals surface area contributed by atoms with Crippen LogP contribution in [0, 0.1) is 13.8 Å². The minimum Gasteiger partial charge on any atom is -0.493 e. The summed E-state index contributed by atoms with van der Waals surface area (Å²) in [7, 11) is 3.15. The van der Waals surface area contributed by atoms with E-state index in [2.05, 4.69) is 34.6 Å². The van der Waals surface area contributed by atoms with Crippen molar-refractivity contribution in [1.82, 2.24) is 15.1 Å². The predicted octanol–water partition coefficient (Wildman–Crippen LogP) is 4.63. The molecule has 1 heterocycles. The van der Waals surface area contributed by atoms with Crippen molar-refractivity contribution >= 4 is 29.2 Å². The molecule has 9 heteroatoms. The maximum atomic E-state index is 12.9. The van der Waals surface area contributed by atoms with Gasteiger partial charge in [-0.15, -0.1) is 0 Å². The molecule has 0 fully saturated rings. The van der Waals surface area contributed by atoms with Gasteiger partial charge in [0.05, 0.1) is 19.9 Å². The van der Waals surface area contributed by atoms with Crippen molar-refractivity contribution in [2.75, 3.05) is 26.1 Å². The van der Waals surface area contributed by atoms with Gasteiger partial charge in [-0.3, -0.25) is 19.8 Å². The lowest BCUT2D eigenvalue weighted by atomic mass is 10.1. The number of carbonyl (C=O) groups excluding carboxylic acids is 1. The van der Waals surface area contributed by atoms with Crippen molar-refractivity contribution in [3.8, 4) is 11.5 Å². The third-order valence-corrected chi connectivity index (χ3v) is 5.66. The Labute approximate surface area is 204 Å². The number of aromatic nitrogens is 2. The van der Waals surface area contributed by atoms with Gasteiger partial charge in [0.1, 0.15) is 0 Å². The van der Waals surface area contributed by atoms with Crippen molar-refractivity contribution in [1.29, 1.82) is 0 Å². The Balaban J connectivity index is 1.83. The number of aryl methyl sites for hydroxylation is 2. The van der Waals surface area contributed by atoms with Gasteiger partial charge >= 0.3 is 0 Å². The molecule has 1 aromatic heterocycles. The average Bonchev–Trinajstić information content (AvgIpc) is 3.11. The number of rotatable bonds is 8. The molecule has 0 aliphatic heterocycles. The number of halogens is 1. The number of benzene rings is 2. The molecule has 0 saturated carbocycles. The van der Waals surface area contributed by atoms with E-state index in [1.165, 1.54) is 0 Å². The summed E-state index contributed by atoms with van der Waals surface area (Å²) in [6.07, 6.45) is 0.696. The first kappa shape index (κ1) is 25.1. The van der Waals surface area contributed by atoms with E-state index in [0.717, 1.165) is 23.5 Å². The topological polar surface area (TPSA) is 89.8 Å². The van der Waals surface area contributed by atoms with E-state index in [1.807, 2.05) is 17.7 Å². The van der Waals surface area contributed by atoms with Gasteiger partial charge in [-0.2, -0.15) is 5.10 Å². The van der Waals surface area contributed by atoms with Crippen molar-refractivity contribution in [3.63, 3.8) is 0 Å². The van der Waals surface area contributed by atoms with Crippen LogP contribution in [-0.2, 0) is 13.0 Å². The van der Waals surface area contributed by atoms with Gasteiger partial charge < -0.3 is 14.8 Å². The molecule has 0 saturated heterocycles. The van der Waals surface area contributed by atoms with Crippen LogP contribution in [0.25, 0.3) is 0 Å². The monoisotopic (exact) mass is 483 g/mol. The lowest BCUT2D eigenvalue weighted by Gasteiger charge is -2.14. The van der Waals surface area contributed by atoms with Crippen LogP contribution < -0.4 is 20.1 Å². The van der Waals surface area contributed by atoms with E-state index in [4.69, 9.17) is 21.1 Å². The summed E-state index contributed by atoms with van der Waals surface area (Å²) in [5.74, 6) is 1.16. The molecule has 8 nitrogen and oxygen atoms in total. The number of hydrogen-bond donors (Lipinski definition) is 2. The molecule has 1 amide bonds. The highest BCUT2D eigenvalue weighted by molar-refractivity contribution is 6.31. The third-order valence-electron chi connectivity index (χ3n) is 5.43. The van der Waals surface area contributed by atoms with E-state index in [9.17, 15) is 4.79 Å². The Morgan fingerprint density at radius 3 is 2.53 bits per heavy atom. The number of hydrogen-bond acceptors (Lipinski definition) is 5. The number of nitrogens with one attached hydrogen (secondary N) is 2. The summed E-state index contributed by atoms with van der Waals surface area (Å²) in [5.41, 5.74) is 4.41. The Bertz CT molecular complexity index is 1190. The van der Waals surface area contributed by atoms with Crippen LogP contribution in [0.4, 0.5) is 5.69 Å². The molecule has 0 aliphatic carbocycles. The zero-order valence-corrected chi connectivity index (χ0v) is 20.9. The van der Waals surface area contributed by atoms with Crippen molar-refractivity contribution in [3.05, 3.63) is 70.0 Å². The largest absolute Gasteiger partial charge is 0.493 e. The first-order chi connectivity index (χ1) is 16.4. The number of ether oxygens (including phenoxy) is 2. The molecule has 0 spiro atoms. The number of amides is 1. The zero-order valence-electron chi connectivity index (χ0n) is 20.1. The summed E-state index contributed by atoms with van der Waals surface area (Å²) < 4.78 is 12.7. The van der Waals surface area contributed by atoms with Crippen LogP contribution in [0.3, 0.4) is 0 Å². The Kier molecular flexibility index (Phi) is 8.54. The van der Waals surface area contributed by atoms with Gasteiger partial charge in [-0.1, -0.05) is 17.7 Å². The van der Waals surface area contributed by atoms with E-state index in [-0.39, 0.29) is 5.91 Å². The van der Waals surface area contributed by atoms with Crippen molar-refractivity contribution < 1.29 is 14.3 Å². The number of carbonyl (C=O) groups is 1. The second kappa shape index (κ2) is 11.6. The SMILES string of the molecule is CCn1nc(C)c(CCN=C(NC(=O)c2cccc(Cl)c2)Nc2ccc(OC)c(OC)c2)c1C. The number of anilines is 1. The zero-order chi connectivity index (χ0) is 24.7. The Morgan fingerprint density at radius 2 is 1.88 bits per heavy atom. The normalized spacial score (nSPS) is 11.3. The molecule has 34 heavy (non-hydrogen) atoms. The summed E-state index contributed by atoms with van der Waals surface area (Å²) in [4.78, 5) is 17.5. The van der Waals surface area contributed by atoms with Crippen LogP contribution in [0.15, 0.2) is 47.5 Å². The van der Waals surface area contributed by atoms with Gasteiger partial charge in [0.2, 0.25) is 5.96 Å². The van der Waals surface area contributed by atoms with Crippen LogP contribution in [0.5, 0.6) is 11.5 Å². The van der Waals surface area contributed by atoms with Crippen molar-refractivity contribution in [2.24, 2.45) is 4.99 Å². The molecule has 3 rings (SSSR count). The van der Waals surface area contributed by atoms with Crippen LogP contribution >= 0.6 is 11.6 Å². The molecular weight excluding hydrogens is 454 g/mol. The second-order valence-corrected chi connectivity index (χ2v) is 8.04. The number of aliphatic imine (C=N–C) groups is 1. The van der Waals surface area contributed by atoms with E-state index in [0.29, 0.717) is 46.7 Å². The Hall–Kier alpha value is -3.52. The quantitative estimate of drug-likeness (QED) is 0.360. The third kappa shape index (κ3) is 6.08. The standard InChI is InChI=1S/C25H30ClN5O3/c1-6-31-17(3)21(16(2)30-31)12-13-27-25(29-24(32)18-8-7-9-19(26)14-18)28-20-10-11-22(33-4)23(15-20)34-5/h7-11,14-15H,6,12-13H2,1-5H3,(H2,27,28,29,32). The van der Waals surface area contributed by atoms with Crippen LogP contribution in [0.2, 0.25) is 5.02 Å². The second-order valence-electron chi connectivity index (χ2n) is 7.60. The molecule has 0 atom stereocenters. The van der Waals surface area contributed by atoms with Crippen LogP contribution in [0.1, 0.15) is 34.2 Å². The minimum atomic E-state index is -0.319. The fourth-order valence-corrected chi connectivity index (χ4v) is 3.84. The van der Waals surface area contributed by atoms with Crippen molar-refractivity contribution in [2.45, 2.75) is 33.7 Å². The van der Waals surface area contributed by atoms with Crippen LogP contribution in [-0.4, -0.2) is 42.4 Å². The highest BCUT2D eigenvalue weighted by Gasteiger charge is 2.13. The maximum absolute atomic E-state index is 12.9. The summed E-state index contributed by atoms with van der Waals surface area (Å²) in [6, 6.07) is 12.1. The van der Waals surface area contributed by atoms with E-state index in [1.54, 1.807) is 50.6 Å². The molecule has 0 radical (unpaired) electrons.